The molecule has 0 spiro atoms. The predicted molar refractivity (Wildman–Crippen MR) is 89.3 cm³/mol. The highest BCUT2D eigenvalue weighted by atomic mass is 16.5. The average Bonchev–Trinajstić information content (AvgIpc) is 3.12. The summed E-state index contributed by atoms with van der Waals surface area (Å²) in [4.78, 5) is 11.7. The lowest BCUT2D eigenvalue weighted by Gasteiger charge is -2.08. The minimum Gasteiger partial charge on any atom is -0.497 e. The summed E-state index contributed by atoms with van der Waals surface area (Å²) in [5, 5.41) is 8.13. The molecule has 0 fully saturated rings. The van der Waals surface area contributed by atoms with Crippen LogP contribution in [0.3, 0.4) is 0 Å². The first kappa shape index (κ1) is 15.7. The van der Waals surface area contributed by atoms with Crippen molar-refractivity contribution in [2.24, 2.45) is 0 Å². The molecular weight excluding hydrogens is 306 g/mol. The second kappa shape index (κ2) is 6.95. The molecule has 0 unspecified atom stereocenters. The van der Waals surface area contributed by atoms with Gasteiger partial charge in [-0.3, -0.25) is 0 Å². The van der Waals surface area contributed by atoms with Crippen LogP contribution in [-0.2, 0) is 4.74 Å². The molecule has 0 aliphatic rings. The number of carbonyl (C=O) groups excluding carboxylic acids is 1. The molecule has 1 aromatic heterocycles. The Labute approximate surface area is 139 Å². The van der Waals surface area contributed by atoms with E-state index in [0.29, 0.717) is 12.2 Å². The zero-order valence-electron chi connectivity index (χ0n) is 13.5. The normalized spacial score (nSPS) is 10.4. The molecule has 0 N–H and O–H groups in total. The fourth-order valence-corrected chi connectivity index (χ4v) is 2.34. The van der Waals surface area contributed by atoms with Gasteiger partial charge in [-0.2, -0.15) is 0 Å². The Morgan fingerprint density at radius 1 is 1.08 bits per heavy atom. The van der Waals surface area contributed by atoms with Gasteiger partial charge < -0.3 is 9.47 Å². The minimum atomic E-state index is -0.328. The fourth-order valence-electron chi connectivity index (χ4n) is 2.34. The van der Waals surface area contributed by atoms with Crippen molar-refractivity contribution in [3.05, 3.63) is 60.3 Å². The highest BCUT2D eigenvalue weighted by Crippen LogP contribution is 2.23. The van der Waals surface area contributed by atoms with E-state index in [9.17, 15) is 4.79 Å². The quantitative estimate of drug-likeness (QED) is 0.675. The highest BCUT2D eigenvalue weighted by Gasteiger charge is 2.11. The van der Waals surface area contributed by atoms with Gasteiger partial charge in [0, 0.05) is 5.56 Å². The molecule has 3 rings (SSSR count). The second-order valence-electron chi connectivity index (χ2n) is 5.03. The zero-order valence-corrected chi connectivity index (χ0v) is 13.5. The lowest BCUT2D eigenvalue weighted by molar-refractivity contribution is 0.0526. The Balaban J connectivity index is 1.90. The number of benzene rings is 2. The molecule has 6 nitrogen and oxygen atoms in total. The molecule has 0 bridgehead atoms. The van der Waals surface area contributed by atoms with Crippen LogP contribution in [0.25, 0.3) is 16.9 Å². The number of aromatic nitrogens is 3. The molecule has 0 saturated heterocycles. The van der Waals surface area contributed by atoms with E-state index in [1.807, 2.05) is 36.4 Å². The highest BCUT2D eigenvalue weighted by molar-refractivity contribution is 5.90. The van der Waals surface area contributed by atoms with E-state index >= 15 is 0 Å². The van der Waals surface area contributed by atoms with Crippen LogP contribution in [0.5, 0.6) is 5.75 Å². The van der Waals surface area contributed by atoms with Crippen LogP contribution in [-0.4, -0.2) is 34.7 Å². The van der Waals surface area contributed by atoms with Gasteiger partial charge in [-0.05, 0) is 43.3 Å². The Kier molecular flexibility index (Phi) is 4.56. The van der Waals surface area contributed by atoms with Crippen LogP contribution < -0.4 is 4.74 Å². The van der Waals surface area contributed by atoms with Crippen molar-refractivity contribution >= 4 is 5.97 Å². The van der Waals surface area contributed by atoms with Gasteiger partial charge in [0.15, 0.2) is 0 Å². The zero-order chi connectivity index (χ0) is 16.9. The summed E-state index contributed by atoms with van der Waals surface area (Å²) < 4.78 is 11.9. The van der Waals surface area contributed by atoms with Gasteiger partial charge in [0.2, 0.25) is 0 Å². The first-order chi connectivity index (χ1) is 11.7. The molecule has 0 aliphatic carbocycles. The lowest BCUT2D eigenvalue weighted by atomic mass is 10.1. The van der Waals surface area contributed by atoms with Gasteiger partial charge in [-0.25, -0.2) is 9.48 Å². The summed E-state index contributed by atoms with van der Waals surface area (Å²) in [6.07, 6.45) is 1.68. The van der Waals surface area contributed by atoms with E-state index in [1.165, 1.54) is 0 Å². The first-order valence-corrected chi connectivity index (χ1v) is 7.55. The van der Waals surface area contributed by atoms with Gasteiger partial charge in [0.1, 0.15) is 5.75 Å². The molecule has 0 saturated carbocycles. The van der Waals surface area contributed by atoms with E-state index in [0.717, 1.165) is 22.7 Å². The van der Waals surface area contributed by atoms with E-state index in [1.54, 1.807) is 37.0 Å². The monoisotopic (exact) mass is 323 g/mol. The molecule has 1 heterocycles. The van der Waals surface area contributed by atoms with Gasteiger partial charge in [0.25, 0.3) is 0 Å². The topological polar surface area (TPSA) is 66.2 Å². The summed E-state index contributed by atoms with van der Waals surface area (Å²) in [6, 6.07) is 14.7. The molecule has 2 aromatic carbocycles. The number of methoxy groups -OCH3 is 1. The van der Waals surface area contributed by atoms with Crippen LogP contribution in [0.15, 0.2) is 54.7 Å². The maximum absolute atomic E-state index is 11.7. The molecule has 0 atom stereocenters. The van der Waals surface area contributed by atoms with E-state index < -0.39 is 0 Å². The summed E-state index contributed by atoms with van der Waals surface area (Å²) in [7, 11) is 1.63. The van der Waals surface area contributed by atoms with Crippen LogP contribution in [0.2, 0.25) is 0 Å². The minimum absolute atomic E-state index is 0.328. The average molecular weight is 323 g/mol. The van der Waals surface area contributed by atoms with Crippen LogP contribution in [0.4, 0.5) is 0 Å². The maximum atomic E-state index is 11.7. The summed E-state index contributed by atoms with van der Waals surface area (Å²) in [5.74, 6) is 0.449. The van der Waals surface area contributed by atoms with Crippen LogP contribution in [0.1, 0.15) is 17.3 Å². The molecular formula is C18H17N3O3. The molecule has 24 heavy (non-hydrogen) atoms. The van der Waals surface area contributed by atoms with Gasteiger partial charge in [-0.15, -0.1) is 5.10 Å². The fraction of sp³-hybridized carbons (Fsp3) is 0.167. The Bertz CT molecular complexity index is 823. The van der Waals surface area contributed by atoms with Crippen molar-refractivity contribution in [1.29, 1.82) is 0 Å². The van der Waals surface area contributed by atoms with Crippen molar-refractivity contribution in [3.63, 3.8) is 0 Å². The molecule has 0 aliphatic heterocycles. The lowest BCUT2D eigenvalue weighted by Crippen LogP contribution is -2.04. The Morgan fingerprint density at radius 3 is 2.42 bits per heavy atom. The maximum Gasteiger partial charge on any atom is 0.338 e. The van der Waals surface area contributed by atoms with Crippen molar-refractivity contribution in [1.82, 2.24) is 15.0 Å². The van der Waals surface area contributed by atoms with Crippen molar-refractivity contribution in [2.75, 3.05) is 13.7 Å². The van der Waals surface area contributed by atoms with E-state index in [2.05, 4.69) is 10.3 Å². The predicted octanol–water partition coefficient (Wildman–Crippen LogP) is 3.12. The number of hydrogen-bond acceptors (Lipinski definition) is 5. The third-order valence-electron chi connectivity index (χ3n) is 3.56. The third-order valence-corrected chi connectivity index (χ3v) is 3.56. The number of ether oxygens (including phenoxy) is 2. The molecule has 6 heteroatoms. The van der Waals surface area contributed by atoms with Crippen molar-refractivity contribution < 1.29 is 14.3 Å². The van der Waals surface area contributed by atoms with Gasteiger partial charge in [0.05, 0.1) is 36.9 Å². The Morgan fingerprint density at radius 2 is 1.79 bits per heavy atom. The standard InChI is InChI=1S/C18H17N3O3/c1-3-24-18(22)14-6-4-13(5-7-14)17-12-19-20-21(17)15-8-10-16(23-2)11-9-15/h4-12H,3H2,1-2H3. The van der Waals surface area contributed by atoms with Crippen molar-refractivity contribution in [3.8, 4) is 22.7 Å². The van der Waals surface area contributed by atoms with Crippen LogP contribution >= 0.6 is 0 Å². The van der Waals surface area contributed by atoms with Crippen molar-refractivity contribution in [2.45, 2.75) is 6.92 Å². The number of rotatable bonds is 5. The summed E-state index contributed by atoms with van der Waals surface area (Å²) >= 11 is 0. The van der Waals surface area contributed by atoms with Gasteiger partial charge >= 0.3 is 5.97 Å². The smallest absolute Gasteiger partial charge is 0.338 e. The molecule has 0 amide bonds. The van der Waals surface area contributed by atoms with E-state index in [-0.39, 0.29) is 5.97 Å². The number of nitrogens with zero attached hydrogens (tertiary/aromatic N) is 3. The van der Waals surface area contributed by atoms with Gasteiger partial charge in [-0.1, -0.05) is 17.3 Å². The number of hydrogen-bond donors (Lipinski definition) is 0. The van der Waals surface area contributed by atoms with Crippen LogP contribution in [0, 0.1) is 0 Å². The summed E-state index contributed by atoms with van der Waals surface area (Å²) in [5.41, 5.74) is 3.13. The first-order valence-electron chi connectivity index (χ1n) is 7.55. The number of esters is 1. The molecule has 122 valence electrons. The Hall–Kier alpha value is -3.15. The second-order valence-corrected chi connectivity index (χ2v) is 5.03. The largest absolute Gasteiger partial charge is 0.497 e. The SMILES string of the molecule is CCOC(=O)c1ccc(-c2cnnn2-c2ccc(OC)cc2)cc1. The molecule has 0 radical (unpaired) electrons. The molecule has 3 aromatic rings. The van der Waals surface area contributed by atoms with E-state index in [4.69, 9.17) is 9.47 Å². The third kappa shape index (κ3) is 3.12. The summed E-state index contributed by atoms with van der Waals surface area (Å²) in [6.45, 7) is 2.14. The number of carbonyl (C=O) groups is 1.